The average molecular weight is 267 g/mol. The Hall–Kier alpha value is -1.00. The van der Waals surface area contributed by atoms with Gasteiger partial charge in [0, 0.05) is 0 Å². The molecule has 0 saturated carbocycles. The molecule has 0 fully saturated rings. The first-order valence-corrected chi connectivity index (χ1v) is 7.06. The van der Waals surface area contributed by atoms with Gasteiger partial charge in [0.2, 0.25) is 9.84 Å². The predicted octanol–water partition coefficient (Wildman–Crippen LogP) is -0.922. The lowest BCUT2D eigenvalue weighted by Crippen LogP contribution is -2.19. The summed E-state index contributed by atoms with van der Waals surface area (Å²) in [5, 5.41) is 17.0. The highest BCUT2D eigenvalue weighted by Gasteiger charge is 2.18. The molecule has 0 aliphatic heterocycles. The van der Waals surface area contributed by atoms with Crippen LogP contribution in [0.25, 0.3) is 0 Å². The molecule has 0 atom stereocenters. The maximum absolute atomic E-state index is 11.2. The topological polar surface area (TPSA) is 121 Å². The number of sulfone groups is 1. The molecular weight excluding hydrogens is 258 g/mol. The minimum atomic E-state index is -4.13. The quantitative estimate of drug-likeness (QED) is 0.606. The average Bonchev–Trinajstić information content (AvgIpc) is 2.29. The first-order valence-electron chi connectivity index (χ1n) is 3.93. The molecule has 0 amide bonds. The molecule has 1 rings (SSSR count). The zero-order valence-corrected chi connectivity index (χ0v) is 9.49. The summed E-state index contributed by atoms with van der Waals surface area (Å²) < 4.78 is 44.8. The van der Waals surface area contributed by atoms with Crippen molar-refractivity contribution in [3.63, 3.8) is 0 Å². The maximum Gasteiger partial charge on any atom is 0.262 e. The van der Waals surface area contributed by atoms with Gasteiger partial charge in [0.25, 0.3) is 10.0 Å². The Morgan fingerprint density at radius 3 is 2.19 bits per heavy atom. The van der Waals surface area contributed by atoms with Crippen molar-refractivity contribution < 1.29 is 27.1 Å². The summed E-state index contributed by atoms with van der Waals surface area (Å²) in [4.78, 5) is 0.315. The first kappa shape index (κ1) is 13.1. The minimum absolute atomic E-state index is 0.341. The Morgan fingerprint density at radius 2 is 1.69 bits per heavy atom. The molecule has 0 aliphatic rings. The van der Waals surface area contributed by atoms with Gasteiger partial charge in [-0.3, -0.25) is 0 Å². The van der Waals surface area contributed by atoms with Crippen LogP contribution in [0.1, 0.15) is 0 Å². The molecule has 0 spiro atoms. The Bertz CT molecular complexity index is 527. The van der Waals surface area contributed by atoms with Crippen LogP contribution in [0.15, 0.2) is 34.1 Å². The van der Waals surface area contributed by atoms with E-state index in [9.17, 15) is 16.8 Å². The molecule has 0 aliphatic carbocycles. The van der Waals surface area contributed by atoms with Gasteiger partial charge in [0.15, 0.2) is 0 Å². The minimum Gasteiger partial charge on any atom is -0.380 e. The van der Waals surface area contributed by atoms with Crippen LogP contribution < -0.4 is 4.89 Å². The van der Waals surface area contributed by atoms with Crippen molar-refractivity contribution in [3.8, 4) is 0 Å². The van der Waals surface area contributed by atoms with Crippen LogP contribution in [0.5, 0.6) is 0 Å². The molecule has 0 bridgehead atoms. The third kappa shape index (κ3) is 2.57. The van der Waals surface area contributed by atoms with E-state index >= 15 is 0 Å². The van der Waals surface area contributed by atoms with Crippen LogP contribution in [0.2, 0.25) is 0 Å². The molecule has 9 heteroatoms. The molecular formula is C7H9NO6S2. The highest BCUT2D eigenvalue weighted by Crippen LogP contribution is 2.16. The van der Waals surface area contributed by atoms with E-state index in [1.165, 1.54) is 6.07 Å². The van der Waals surface area contributed by atoms with E-state index in [0.717, 1.165) is 23.1 Å². The van der Waals surface area contributed by atoms with Gasteiger partial charge in [-0.2, -0.15) is 0 Å². The van der Waals surface area contributed by atoms with E-state index in [1.54, 1.807) is 0 Å². The van der Waals surface area contributed by atoms with Crippen LogP contribution in [-0.2, 0) is 19.9 Å². The summed E-state index contributed by atoms with van der Waals surface area (Å²) in [6.07, 6.45) is 0. The molecule has 90 valence electrons. The third-order valence-electron chi connectivity index (χ3n) is 1.77. The predicted molar refractivity (Wildman–Crippen MR) is 52.8 cm³/mol. The zero-order chi connectivity index (χ0) is 12.4. The molecule has 1 aromatic rings. The lowest BCUT2D eigenvalue weighted by Gasteiger charge is -2.04. The van der Waals surface area contributed by atoms with Crippen molar-refractivity contribution in [1.29, 1.82) is 0 Å². The second-order valence-electron chi connectivity index (χ2n) is 2.81. The maximum atomic E-state index is 11.2. The van der Waals surface area contributed by atoms with Crippen LogP contribution in [0, 0.1) is 0 Å². The van der Waals surface area contributed by atoms with E-state index in [1.807, 2.05) is 0 Å². The van der Waals surface area contributed by atoms with E-state index in [2.05, 4.69) is 0 Å². The van der Waals surface area contributed by atoms with Crippen molar-refractivity contribution in [2.45, 2.75) is 9.79 Å². The fraction of sp³-hybridized carbons (Fsp3) is 0.143. The van der Waals surface area contributed by atoms with Gasteiger partial charge >= 0.3 is 0 Å². The van der Waals surface area contributed by atoms with E-state index < -0.39 is 30.7 Å². The van der Waals surface area contributed by atoms with E-state index in [0.29, 0.717) is 0 Å². The second kappa shape index (κ2) is 4.47. The Kier molecular flexibility index (Phi) is 3.65. The van der Waals surface area contributed by atoms with Crippen LogP contribution in [-0.4, -0.2) is 33.1 Å². The molecule has 7 nitrogen and oxygen atoms in total. The third-order valence-corrected chi connectivity index (χ3v) is 4.19. The summed E-state index contributed by atoms with van der Waals surface area (Å²) >= 11 is 0. The number of sulfonamides is 1. The summed E-state index contributed by atoms with van der Waals surface area (Å²) in [7, 11) is -8.04. The monoisotopic (exact) mass is 267 g/mol. The molecule has 0 aromatic heterocycles. The van der Waals surface area contributed by atoms with Gasteiger partial charge in [-0.15, -0.1) is 0 Å². The van der Waals surface area contributed by atoms with Crippen molar-refractivity contribution >= 4 is 19.9 Å². The molecule has 3 N–H and O–H groups in total. The van der Waals surface area contributed by atoms with Gasteiger partial charge in [-0.25, -0.2) is 16.8 Å². The van der Waals surface area contributed by atoms with Crippen molar-refractivity contribution in [3.05, 3.63) is 24.3 Å². The van der Waals surface area contributed by atoms with E-state index in [-0.39, 0.29) is 4.90 Å². The van der Waals surface area contributed by atoms with Crippen molar-refractivity contribution in [1.82, 2.24) is 4.89 Å². The molecule has 16 heavy (non-hydrogen) atoms. The zero-order valence-electron chi connectivity index (χ0n) is 7.86. The number of hydrogen-bond acceptors (Lipinski definition) is 6. The summed E-state index contributed by atoms with van der Waals surface area (Å²) in [5.41, 5.74) is 0. The van der Waals surface area contributed by atoms with Gasteiger partial charge in [0.1, 0.15) is 5.94 Å². The number of hydrogen-bond donors (Lipinski definition) is 3. The summed E-state index contributed by atoms with van der Waals surface area (Å²) in [6, 6.07) is 4.27. The lowest BCUT2D eigenvalue weighted by molar-refractivity contribution is 0.242. The number of rotatable bonds is 4. The number of aliphatic hydroxyl groups excluding tert-OH is 1. The SMILES string of the molecule is O=S(=O)(CO)c1cccc(S(=O)(=O)NO)c1. The highest BCUT2D eigenvalue weighted by molar-refractivity contribution is 7.91. The molecule has 0 radical (unpaired) electrons. The van der Waals surface area contributed by atoms with Crippen LogP contribution in [0.4, 0.5) is 0 Å². The fourth-order valence-electron chi connectivity index (χ4n) is 0.962. The summed E-state index contributed by atoms with van der Waals surface area (Å²) in [5.74, 6) is -1.12. The molecule has 1 aromatic carbocycles. The van der Waals surface area contributed by atoms with Gasteiger partial charge in [-0.05, 0) is 18.2 Å². The van der Waals surface area contributed by atoms with Gasteiger partial charge < -0.3 is 10.3 Å². The molecule has 0 heterocycles. The Balaban J connectivity index is 3.37. The van der Waals surface area contributed by atoms with Gasteiger partial charge in [-0.1, -0.05) is 11.0 Å². The largest absolute Gasteiger partial charge is 0.380 e. The van der Waals surface area contributed by atoms with Crippen LogP contribution in [0.3, 0.4) is 0 Å². The molecule has 0 unspecified atom stereocenters. The summed E-state index contributed by atoms with van der Waals surface area (Å²) in [6.45, 7) is 0. The normalized spacial score (nSPS) is 12.6. The standard InChI is InChI=1S/C7H9NO6S2/c9-5-15(11,12)6-2-1-3-7(4-6)16(13,14)8-10/h1-4,8-10H,5H2. The second-order valence-corrected chi connectivity index (χ2v) is 6.43. The van der Waals surface area contributed by atoms with Crippen molar-refractivity contribution in [2.24, 2.45) is 0 Å². The van der Waals surface area contributed by atoms with E-state index in [4.69, 9.17) is 10.3 Å². The van der Waals surface area contributed by atoms with Crippen LogP contribution >= 0.6 is 0 Å². The first-order chi connectivity index (χ1) is 7.33. The van der Waals surface area contributed by atoms with Crippen molar-refractivity contribution in [2.75, 3.05) is 5.94 Å². The highest BCUT2D eigenvalue weighted by atomic mass is 32.2. The lowest BCUT2D eigenvalue weighted by atomic mass is 10.4. The Labute approximate surface area is 92.3 Å². The Morgan fingerprint density at radius 1 is 1.12 bits per heavy atom. The van der Waals surface area contributed by atoms with Gasteiger partial charge in [0.05, 0.1) is 9.79 Å². The molecule has 0 saturated heterocycles. The number of aliphatic hydroxyl groups is 1. The fourth-order valence-corrected chi connectivity index (χ4v) is 2.42. The smallest absolute Gasteiger partial charge is 0.262 e. The number of benzene rings is 1. The number of nitrogens with one attached hydrogen (secondary N) is 1.